The first-order chi connectivity index (χ1) is 16.7. The largest absolute Gasteiger partial charge is 0.495 e. The number of para-hydroxylation sites is 2. The molecule has 178 valence electrons. The van der Waals surface area contributed by atoms with Gasteiger partial charge >= 0.3 is 0 Å². The highest BCUT2D eigenvalue weighted by Gasteiger charge is 2.30. The lowest BCUT2D eigenvalue weighted by atomic mass is 10.1. The number of benzene rings is 2. The van der Waals surface area contributed by atoms with Gasteiger partial charge in [-0.1, -0.05) is 12.1 Å². The standard InChI is InChI=1S/C27H34N6O/c1-30-11-13-31(14-12-30)21-9-10-23-22(19-21)27(29-26(28-23)20-7-8-20)33-17-15-32(16-18-33)24-5-3-4-6-25(24)34-2/h3-6,9-10,19-20H,7-8,11-18H2,1-2H3. The van der Waals surface area contributed by atoms with Gasteiger partial charge < -0.3 is 24.3 Å². The number of anilines is 3. The predicted molar refractivity (Wildman–Crippen MR) is 139 cm³/mol. The van der Waals surface area contributed by atoms with E-state index in [0.717, 1.165) is 75.3 Å². The molecule has 2 saturated heterocycles. The Labute approximate surface area is 201 Å². The molecule has 1 aromatic heterocycles. The summed E-state index contributed by atoms with van der Waals surface area (Å²) in [6, 6.07) is 15.1. The molecular weight excluding hydrogens is 424 g/mol. The van der Waals surface area contributed by atoms with Crippen LogP contribution in [0, 0.1) is 0 Å². The maximum atomic E-state index is 5.61. The van der Waals surface area contributed by atoms with Crippen LogP contribution in [-0.2, 0) is 0 Å². The number of methoxy groups -OCH3 is 1. The third-order valence-electron chi connectivity index (χ3n) is 7.49. The SMILES string of the molecule is COc1ccccc1N1CCN(c2nc(C3CC3)nc3ccc(N4CCN(C)CC4)cc23)CC1. The van der Waals surface area contributed by atoms with Crippen LogP contribution < -0.4 is 19.4 Å². The average molecular weight is 459 g/mol. The van der Waals surface area contributed by atoms with Crippen LogP contribution >= 0.6 is 0 Å². The molecular formula is C27H34N6O. The molecule has 1 saturated carbocycles. The van der Waals surface area contributed by atoms with Crippen LogP contribution in [0.15, 0.2) is 42.5 Å². The molecule has 0 spiro atoms. The maximum Gasteiger partial charge on any atom is 0.142 e. The Morgan fingerprint density at radius 3 is 2.24 bits per heavy atom. The molecule has 0 N–H and O–H groups in total. The van der Waals surface area contributed by atoms with E-state index in [1.165, 1.54) is 29.6 Å². The van der Waals surface area contributed by atoms with Gasteiger partial charge in [0.05, 0.1) is 18.3 Å². The van der Waals surface area contributed by atoms with Crippen molar-refractivity contribution in [1.82, 2.24) is 14.9 Å². The molecule has 0 unspecified atom stereocenters. The summed E-state index contributed by atoms with van der Waals surface area (Å²) in [4.78, 5) is 19.9. The third kappa shape index (κ3) is 4.13. The maximum absolute atomic E-state index is 5.61. The Hall–Kier alpha value is -3.06. The van der Waals surface area contributed by atoms with Crippen LogP contribution in [-0.4, -0.2) is 81.4 Å². The molecule has 3 heterocycles. The van der Waals surface area contributed by atoms with Crippen LogP contribution in [0.4, 0.5) is 17.2 Å². The van der Waals surface area contributed by atoms with Crippen LogP contribution in [0.5, 0.6) is 5.75 Å². The number of hydrogen-bond acceptors (Lipinski definition) is 7. The first-order valence-corrected chi connectivity index (χ1v) is 12.6. The van der Waals surface area contributed by atoms with Crippen molar-refractivity contribution >= 4 is 28.1 Å². The number of piperazine rings is 2. The summed E-state index contributed by atoms with van der Waals surface area (Å²) in [6.07, 6.45) is 2.43. The second kappa shape index (κ2) is 8.95. The number of likely N-dealkylation sites (N-methyl/N-ethyl adjacent to an activating group) is 1. The van der Waals surface area contributed by atoms with E-state index in [-0.39, 0.29) is 0 Å². The Kier molecular flexibility index (Phi) is 5.65. The summed E-state index contributed by atoms with van der Waals surface area (Å²) in [6.45, 7) is 8.11. The van der Waals surface area contributed by atoms with Gasteiger partial charge in [-0.05, 0) is 50.2 Å². The third-order valence-corrected chi connectivity index (χ3v) is 7.49. The molecule has 3 fully saturated rings. The summed E-state index contributed by atoms with van der Waals surface area (Å²) in [5.74, 6) is 3.62. The van der Waals surface area contributed by atoms with Gasteiger partial charge in [0.25, 0.3) is 0 Å². The van der Waals surface area contributed by atoms with E-state index in [1.807, 2.05) is 12.1 Å². The van der Waals surface area contributed by atoms with E-state index >= 15 is 0 Å². The van der Waals surface area contributed by atoms with Gasteiger partial charge in [0.15, 0.2) is 0 Å². The number of hydrogen-bond donors (Lipinski definition) is 0. The highest BCUT2D eigenvalue weighted by atomic mass is 16.5. The summed E-state index contributed by atoms with van der Waals surface area (Å²) >= 11 is 0. The van der Waals surface area contributed by atoms with Crippen molar-refractivity contribution in [2.24, 2.45) is 0 Å². The molecule has 7 heteroatoms. The van der Waals surface area contributed by atoms with Gasteiger partial charge in [0.2, 0.25) is 0 Å². The smallest absolute Gasteiger partial charge is 0.142 e. The molecule has 6 rings (SSSR count). The van der Waals surface area contributed by atoms with E-state index in [9.17, 15) is 0 Å². The number of nitrogens with zero attached hydrogens (tertiary/aromatic N) is 6. The molecule has 0 amide bonds. The normalized spacial score (nSPS) is 19.6. The van der Waals surface area contributed by atoms with Crippen LogP contribution in [0.3, 0.4) is 0 Å². The molecule has 7 nitrogen and oxygen atoms in total. The minimum atomic E-state index is 0.537. The summed E-state index contributed by atoms with van der Waals surface area (Å²) in [7, 11) is 3.95. The lowest BCUT2D eigenvalue weighted by Crippen LogP contribution is -2.47. The number of fused-ring (bicyclic) bond motifs is 1. The van der Waals surface area contributed by atoms with Crippen LogP contribution in [0.2, 0.25) is 0 Å². The highest BCUT2D eigenvalue weighted by molar-refractivity contribution is 5.92. The zero-order valence-electron chi connectivity index (χ0n) is 20.3. The molecule has 2 aliphatic heterocycles. The molecule has 0 bridgehead atoms. The van der Waals surface area contributed by atoms with Gasteiger partial charge in [0, 0.05) is 69.3 Å². The fraction of sp³-hybridized carbons (Fsp3) is 0.481. The van der Waals surface area contributed by atoms with E-state index in [0.29, 0.717) is 5.92 Å². The van der Waals surface area contributed by atoms with Crippen molar-refractivity contribution in [3.8, 4) is 5.75 Å². The van der Waals surface area contributed by atoms with Gasteiger partial charge in [-0.15, -0.1) is 0 Å². The topological polar surface area (TPSA) is 48.0 Å². The quantitative estimate of drug-likeness (QED) is 0.579. The summed E-state index contributed by atoms with van der Waals surface area (Å²) in [5, 5.41) is 1.19. The van der Waals surface area contributed by atoms with E-state index in [4.69, 9.17) is 14.7 Å². The number of rotatable bonds is 5. The van der Waals surface area contributed by atoms with Crippen molar-refractivity contribution in [1.29, 1.82) is 0 Å². The molecule has 0 radical (unpaired) electrons. The minimum Gasteiger partial charge on any atom is -0.495 e. The second-order valence-electron chi connectivity index (χ2n) is 9.82. The highest BCUT2D eigenvalue weighted by Crippen LogP contribution is 2.40. The van der Waals surface area contributed by atoms with Crippen LogP contribution in [0.25, 0.3) is 10.9 Å². The minimum absolute atomic E-state index is 0.537. The monoisotopic (exact) mass is 458 g/mol. The Bertz CT molecular complexity index is 1160. The van der Waals surface area contributed by atoms with Gasteiger partial charge in [-0.25, -0.2) is 9.97 Å². The Morgan fingerprint density at radius 1 is 0.794 bits per heavy atom. The lowest BCUT2D eigenvalue weighted by Gasteiger charge is -2.38. The van der Waals surface area contributed by atoms with Gasteiger partial charge in [0.1, 0.15) is 17.4 Å². The zero-order valence-corrected chi connectivity index (χ0v) is 20.3. The van der Waals surface area contributed by atoms with Gasteiger partial charge in [-0.3, -0.25) is 0 Å². The van der Waals surface area contributed by atoms with E-state index in [2.05, 4.69) is 57.0 Å². The van der Waals surface area contributed by atoms with Crippen molar-refractivity contribution in [3.63, 3.8) is 0 Å². The molecule has 2 aromatic carbocycles. The average Bonchev–Trinajstić information content (AvgIpc) is 3.74. The first kappa shape index (κ1) is 21.5. The van der Waals surface area contributed by atoms with E-state index < -0.39 is 0 Å². The predicted octanol–water partition coefficient (Wildman–Crippen LogP) is 3.59. The zero-order chi connectivity index (χ0) is 23.1. The summed E-state index contributed by atoms with van der Waals surface area (Å²) in [5.41, 5.74) is 3.54. The molecule has 0 atom stereocenters. The molecule has 3 aromatic rings. The van der Waals surface area contributed by atoms with Crippen molar-refractivity contribution < 1.29 is 4.74 Å². The van der Waals surface area contributed by atoms with Crippen molar-refractivity contribution in [3.05, 3.63) is 48.3 Å². The fourth-order valence-corrected chi connectivity index (χ4v) is 5.19. The van der Waals surface area contributed by atoms with Crippen molar-refractivity contribution in [2.45, 2.75) is 18.8 Å². The molecule has 1 aliphatic carbocycles. The first-order valence-electron chi connectivity index (χ1n) is 12.6. The molecule has 34 heavy (non-hydrogen) atoms. The molecule has 3 aliphatic rings. The van der Waals surface area contributed by atoms with Crippen LogP contribution in [0.1, 0.15) is 24.6 Å². The summed E-state index contributed by atoms with van der Waals surface area (Å²) < 4.78 is 5.61. The fourth-order valence-electron chi connectivity index (χ4n) is 5.19. The lowest BCUT2D eigenvalue weighted by molar-refractivity contribution is 0.313. The van der Waals surface area contributed by atoms with Gasteiger partial charge in [-0.2, -0.15) is 0 Å². The van der Waals surface area contributed by atoms with E-state index in [1.54, 1.807) is 7.11 Å². The Balaban J connectivity index is 1.30. The van der Waals surface area contributed by atoms with Crippen molar-refractivity contribution in [2.75, 3.05) is 81.2 Å². The number of aromatic nitrogens is 2. The second-order valence-corrected chi connectivity index (χ2v) is 9.82. The Morgan fingerprint density at radius 2 is 1.50 bits per heavy atom. The number of ether oxygens (including phenoxy) is 1.